The third-order valence-electron chi connectivity index (χ3n) is 7.62. The first-order valence-electron chi connectivity index (χ1n) is 12.4. The summed E-state index contributed by atoms with van der Waals surface area (Å²) < 4.78 is 8.72. The zero-order valence-electron chi connectivity index (χ0n) is 20.2. The first-order valence-corrected chi connectivity index (χ1v) is 12.4. The van der Waals surface area contributed by atoms with Crippen LogP contribution in [0.25, 0.3) is 44.3 Å². The lowest BCUT2D eigenvalue weighted by Gasteiger charge is -2.22. The van der Waals surface area contributed by atoms with Crippen LogP contribution in [0.5, 0.6) is 0 Å². The molecule has 1 aliphatic rings. The van der Waals surface area contributed by atoms with E-state index < -0.39 is 0 Å². The van der Waals surface area contributed by atoms with E-state index in [1.54, 1.807) is 6.20 Å². The predicted octanol–water partition coefficient (Wildman–Crippen LogP) is 7.37. The molecule has 4 nitrogen and oxygen atoms in total. The van der Waals surface area contributed by atoms with Gasteiger partial charge in [-0.2, -0.15) is 9.83 Å². The fourth-order valence-electron chi connectivity index (χ4n) is 5.72. The minimum absolute atomic E-state index is 0.632. The van der Waals surface area contributed by atoms with Crippen LogP contribution in [0.4, 0.5) is 0 Å². The van der Waals surface area contributed by atoms with Gasteiger partial charge in [-0.25, -0.2) is 0 Å². The smallest absolute Gasteiger partial charge is 0.234 e. The number of nitriles is 1. The van der Waals surface area contributed by atoms with Crippen LogP contribution in [-0.4, -0.2) is 4.98 Å². The van der Waals surface area contributed by atoms with Crippen molar-refractivity contribution in [1.82, 2.24) is 4.98 Å². The molecule has 172 valence electrons. The van der Waals surface area contributed by atoms with Crippen molar-refractivity contribution in [3.05, 3.63) is 83.8 Å². The summed E-state index contributed by atoms with van der Waals surface area (Å²) in [5.41, 5.74) is 8.69. The number of fused-ring (bicyclic) bond motifs is 3. The molecule has 5 aromatic rings. The van der Waals surface area contributed by atoms with Gasteiger partial charge in [-0.05, 0) is 54.5 Å². The van der Waals surface area contributed by atoms with Gasteiger partial charge < -0.3 is 4.42 Å². The second kappa shape index (κ2) is 8.67. The van der Waals surface area contributed by atoms with Crippen molar-refractivity contribution in [2.45, 2.75) is 44.9 Å². The van der Waals surface area contributed by atoms with Gasteiger partial charge in [0.1, 0.15) is 18.2 Å². The largest absolute Gasteiger partial charge is 0.454 e. The zero-order valence-corrected chi connectivity index (χ0v) is 20.2. The second-order valence-electron chi connectivity index (χ2n) is 9.74. The first-order chi connectivity index (χ1) is 17.2. The molecule has 1 fully saturated rings. The Morgan fingerprint density at radius 3 is 2.34 bits per heavy atom. The number of furan rings is 1. The molecule has 2 aromatic heterocycles. The number of aromatic nitrogens is 2. The lowest BCUT2D eigenvalue weighted by Crippen LogP contribution is -2.30. The van der Waals surface area contributed by atoms with Gasteiger partial charge in [0, 0.05) is 16.3 Å². The van der Waals surface area contributed by atoms with Gasteiger partial charge in [0.25, 0.3) is 0 Å². The van der Waals surface area contributed by atoms with Crippen molar-refractivity contribution < 1.29 is 8.98 Å². The van der Waals surface area contributed by atoms with E-state index in [4.69, 9.17) is 4.42 Å². The van der Waals surface area contributed by atoms with E-state index in [0.29, 0.717) is 11.5 Å². The molecule has 35 heavy (non-hydrogen) atoms. The number of benzene rings is 3. The van der Waals surface area contributed by atoms with Crippen molar-refractivity contribution >= 4 is 21.9 Å². The molecule has 0 atom stereocenters. The number of nitrogens with zero attached hydrogens (tertiary/aromatic N) is 3. The lowest BCUT2D eigenvalue weighted by atomic mass is 9.83. The third kappa shape index (κ3) is 3.59. The highest BCUT2D eigenvalue weighted by molar-refractivity contribution is 6.13. The van der Waals surface area contributed by atoms with Crippen molar-refractivity contribution in [2.75, 3.05) is 0 Å². The van der Waals surface area contributed by atoms with Gasteiger partial charge >= 0.3 is 0 Å². The molecule has 0 amide bonds. The first kappa shape index (κ1) is 21.6. The average molecular weight is 459 g/mol. The van der Waals surface area contributed by atoms with Crippen molar-refractivity contribution in [3.63, 3.8) is 0 Å². The van der Waals surface area contributed by atoms with E-state index in [0.717, 1.165) is 49.9 Å². The number of hydrogen-bond acceptors (Lipinski definition) is 3. The fraction of sp³-hybridized carbons (Fsp3) is 0.258. The van der Waals surface area contributed by atoms with Gasteiger partial charge in [-0.15, -0.1) is 0 Å². The Kier molecular flexibility index (Phi) is 5.34. The highest BCUT2D eigenvalue weighted by Crippen LogP contribution is 2.42. The van der Waals surface area contributed by atoms with E-state index in [1.807, 2.05) is 31.6 Å². The Hall–Kier alpha value is -3.97. The molecule has 0 spiro atoms. The molecule has 4 heteroatoms. The lowest BCUT2D eigenvalue weighted by molar-refractivity contribution is -0.660. The summed E-state index contributed by atoms with van der Waals surface area (Å²) >= 11 is 0. The van der Waals surface area contributed by atoms with Crippen LogP contribution in [0.1, 0.15) is 54.7 Å². The molecule has 2 heterocycles. The van der Waals surface area contributed by atoms with Crippen LogP contribution in [0, 0.1) is 18.3 Å². The molecule has 0 bridgehead atoms. The highest BCUT2D eigenvalue weighted by atomic mass is 16.3. The summed E-state index contributed by atoms with van der Waals surface area (Å²) in [7, 11) is 2.02. The summed E-state index contributed by atoms with van der Waals surface area (Å²) in [4.78, 5) is 4.36. The number of hydrogen-bond donors (Lipinski definition) is 0. The maximum absolute atomic E-state index is 9.98. The van der Waals surface area contributed by atoms with Crippen molar-refractivity contribution in [2.24, 2.45) is 7.05 Å². The van der Waals surface area contributed by atoms with Crippen LogP contribution in [0.3, 0.4) is 0 Å². The number of aryl methyl sites for hydroxylation is 2. The summed E-state index contributed by atoms with van der Waals surface area (Å²) in [5.74, 6) is 0.654. The minimum Gasteiger partial charge on any atom is -0.454 e. The maximum Gasteiger partial charge on any atom is 0.234 e. The van der Waals surface area contributed by atoms with E-state index in [1.165, 1.54) is 37.7 Å². The van der Waals surface area contributed by atoms with Gasteiger partial charge in [-0.3, -0.25) is 4.98 Å². The van der Waals surface area contributed by atoms with Crippen LogP contribution in [-0.2, 0) is 7.05 Å². The maximum atomic E-state index is 9.98. The van der Waals surface area contributed by atoms with Crippen LogP contribution >= 0.6 is 0 Å². The summed E-state index contributed by atoms with van der Waals surface area (Å²) in [6.45, 7) is 2.10. The Balaban J connectivity index is 1.57. The quantitative estimate of drug-likeness (QED) is 0.265. The molecule has 1 saturated carbocycles. The molecular weight excluding hydrogens is 430 g/mol. The average Bonchev–Trinajstić information content (AvgIpc) is 3.28. The molecule has 1 aliphatic carbocycles. The standard InChI is InChI=1S/C31H28N3O/c1-20-8-14-25-26-15-13-24(18-32)29(23-11-9-22(10-12-23)21-6-4-3-5-7-21)31(26)35-30(25)28(20)27-19-33-16-17-34(27)2/h8-17,19,21H,3-7H2,1-2H3/q+1. The number of rotatable bonds is 3. The van der Waals surface area contributed by atoms with Crippen LogP contribution in [0.2, 0.25) is 0 Å². The Morgan fingerprint density at radius 2 is 1.63 bits per heavy atom. The molecular formula is C31H28N3O+. The van der Waals surface area contributed by atoms with Crippen LogP contribution in [0.15, 0.2) is 71.5 Å². The molecule has 3 aromatic carbocycles. The van der Waals surface area contributed by atoms with E-state index in [9.17, 15) is 5.26 Å². The third-order valence-corrected chi connectivity index (χ3v) is 7.62. The Labute approximate surface area is 205 Å². The van der Waals surface area contributed by atoms with E-state index in [2.05, 4.69) is 58.9 Å². The Morgan fingerprint density at radius 1 is 0.914 bits per heavy atom. The topological polar surface area (TPSA) is 53.7 Å². The fourth-order valence-corrected chi connectivity index (χ4v) is 5.72. The Bertz CT molecular complexity index is 1600. The summed E-state index contributed by atoms with van der Waals surface area (Å²) in [6, 6.07) is 19.4. The molecule has 0 aliphatic heterocycles. The van der Waals surface area contributed by atoms with Crippen LogP contribution < -0.4 is 4.57 Å². The van der Waals surface area contributed by atoms with E-state index >= 15 is 0 Å². The van der Waals surface area contributed by atoms with Gasteiger partial charge in [0.15, 0.2) is 6.20 Å². The molecule has 0 N–H and O–H groups in total. The monoisotopic (exact) mass is 458 g/mol. The van der Waals surface area contributed by atoms with Crippen molar-refractivity contribution in [1.29, 1.82) is 5.26 Å². The summed E-state index contributed by atoms with van der Waals surface area (Å²) in [5, 5.41) is 12.1. The minimum atomic E-state index is 0.632. The molecule has 6 rings (SSSR count). The second-order valence-corrected chi connectivity index (χ2v) is 9.74. The van der Waals surface area contributed by atoms with Gasteiger partial charge in [-0.1, -0.05) is 55.7 Å². The van der Waals surface area contributed by atoms with Gasteiger partial charge in [0.2, 0.25) is 5.69 Å². The predicted molar refractivity (Wildman–Crippen MR) is 139 cm³/mol. The SMILES string of the molecule is Cc1ccc2c(oc3c(-c4ccc(C5CCCCC5)cc4)c(C#N)ccc32)c1-c1cncc[n+]1C. The van der Waals surface area contributed by atoms with E-state index in [-0.39, 0.29) is 0 Å². The normalized spacial score (nSPS) is 14.4. The van der Waals surface area contributed by atoms with Gasteiger partial charge in [0.05, 0.1) is 29.6 Å². The molecule has 0 radical (unpaired) electrons. The summed E-state index contributed by atoms with van der Waals surface area (Å²) in [6.07, 6.45) is 12.1. The molecule has 0 saturated heterocycles. The zero-order chi connectivity index (χ0) is 23.9. The molecule has 0 unspecified atom stereocenters. The highest BCUT2D eigenvalue weighted by Gasteiger charge is 2.23. The van der Waals surface area contributed by atoms with Crippen molar-refractivity contribution in [3.8, 4) is 28.5 Å².